The standard InChI is InChI=1S/C15H16BrClN2O/c16-12-8-11(6-7-13(12)17)15(20)19-14(9-18)10-4-2-1-3-5-10/h6-8,10,14H,1-5H2,(H,19,20). The number of hydrogen-bond donors (Lipinski definition) is 1. The number of amides is 1. The predicted octanol–water partition coefficient (Wildman–Crippen LogP) is 4.30. The summed E-state index contributed by atoms with van der Waals surface area (Å²) in [7, 11) is 0. The third-order valence-corrected chi connectivity index (χ3v) is 4.94. The molecule has 5 heteroatoms. The molecular weight excluding hydrogens is 340 g/mol. The van der Waals surface area contributed by atoms with Gasteiger partial charge in [-0.1, -0.05) is 30.9 Å². The molecule has 1 aromatic carbocycles. The van der Waals surface area contributed by atoms with Gasteiger partial charge in [0, 0.05) is 10.0 Å². The molecule has 0 radical (unpaired) electrons. The second kappa shape index (κ2) is 7.10. The molecule has 1 aromatic rings. The SMILES string of the molecule is N#CC(NC(=O)c1ccc(Cl)c(Br)c1)C1CCCCC1. The summed E-state index contributed by atoms with van der Waals surface area (Å²) in [6, 6.07) is 6.83. The molecule has 0 heterocycles. The molecule has 0 bridgehead atoms. The van der Waals surface area contributed by atoms with E-state index in [2.05, 4.69) is 27.3 Å². The van der Waals surface area contributed by atoms with Crippen LogP contribution in [0.5, 0.6) is 0 Å². The van der Waals surface area contributed by atoms with Crippen LogP contribution >= 0.6 is 27.5 Å². The minimum absolute atomic E-state index is 0.223. The largest absolute Gasteiger partial charge is 0.336 e. The van der Waals surface area contributed by atoms with Crippen molar-refractivity contribution in [3.8, 4) is 6.07 Å². The smallest absolute Gasteiger partial charge is 0.252 e. The maximum atomic E-state index is 12.2. The van der Waals surface area contributed by atoms with Gasteiger partial charge in [0.15, 0.2) is 0 Å². The molecule has 20 heavy (non-hydrogen) atoms. The van der Waals surface area contributed by atoms with Crippen LogP contribution in [0.1, 0.15) is 42.5 Å². The first-order valence-corrected chi connectivity index (χ1v) is 7.94. The van der Waals surface area contributed by atoms with Crippen LogP contribution in [0.3, 0.4) is 0 Å². The summed E-state index contributed by atoms with van der Waals surface area (Å²) in [5.74, 6) is 0.0490. The van der Waals surface area contributed by atoms with E-state index >= 15 is 0 Å². The van der Waals surface area contributed by atoms with Crippen LogP contribution in [0.25, 0.3) is 0 Å². The van der Waals surface area contributed by atoms with Crippen LogP contribution in [-0.4, -0.2) is 11.9 Å². The Morgan fingerprint density at radius 2 is 2.10 bits per heavy atom. The summed E-state index contributed by atoms with van der Waals surface area (Å²) in [6.07, 6.45) is 5.55. The Kier molecular flexibility index (Phi) is 5.45. The lowest BCUT2D eigenvalue weighted by molar-refractivity contribution is 0.0929. The number of benzene rings is 1. The third kappa shape index (κ3) is 3.74. The highest BCUT2D eigenvalue weighted by molar-refractivity contribution is 9.10. The highest BCUT2D eigenvalue weighted by Crippen LogP contribution is 2.27. The van der Waals surface area contributed by atoms with Gasteiger partial charge in [0.05, 0.1) is 11.1 Å². The molecule has 1 fully saturated rings. The predicted molar refractivity (Wildman–Crippen MR) is 82.6 cm³/mol. The van der Waals surface area contributed by atoms with Gasteiger partial charge in [0.25, 0.3) is 5.91 Å². The van der Waals surface area contributed by atoms with E-state index in [0.29, 0.717) is 15.1 Å². The minimum atomic E-state index is -0.405. The van der Waals surface area contributed by atoms with Gasteiger partial charge in [-0.2, -0.15) is 5.26 Å². The molecule has 1 atom stereocenters. The highest BCUT2D eigenvalue weighted by atomic mass is 79.9. The first kappa shape index (κ1) is 15.3. The van der Waals surface area contributed by atoms with Gasteiger partial charge in [0.2, 0.25) is 0 Å². The summed E-state index contributed by atoms with van der Waals surface area (Å²) in [4.78, 5) is 12.2. The lowest BCUT2D eigenvalue weighted by Crippen LogP contribution is -2.40. The van der Waals surface area contributed by atoms with E-state index in [1.807, 2.05) is 0 Å². The molecule has 3 nitrogen and oxygen atoms in total. The van der Waals surface area contributed by atoms with Crippen molar-refractivity contribution >= 4 is 33.4 Å². The summed E-state index contributed by atoms with van der Waals surface area (Å²) >= 11 is 9.21. The molecule has 0 spiro atoms. The van der Waals surface area contributed by atoms with Crippen LogP contribution in [0.2, 0.25) is 5.02 Å². The summed E-state index contributed by atoms with van der Waals surface area (Å²) in [5, 5.41) is 12.7. The van der Waals surface area contributed by atoms with Gasteiger partial charge < -0.3 is 5.32 Å². The minimum Gasteiger partial charge on any atom is -0.336 e. The number of rotatable bonds is 3. The zero-order valence-electron chi connectivity index (χ0n) is 11.0. The second-order valence-electron chi connectivity index (χ2n) is 5.11. The van der Waals surface area contributed by atoms with E-state index < -0.39 is 6.04 Å². The Morgan fingerprint density at radius 3 is 2.70 bits per heavy atom. The topological polar surface area (TPSA) is 52.9 Å². The molecule has 106 valence electrons. The van der Waals surface area contributed by atoms with Crippen molar-refractivity contribution in [2.75, 3.05) is 0 Å². The quantitative estimate of drug-likeness (QED) is 0.878. The van der Waals surface area contributed by atoms with Gasteiger partial charge in [-0.05, 0) is 52.9 Å². The van der Waals surface area contributed by atoms with Gasteiger partial charge in [-0.15, -0.1) is 0 Å². The molecule has 1 amide bonds. The normalized spacial score (nSPS) is 17.2. The number of carbonyl (C=O) groups excluding carboxylic acids is 1. The fourth-order valence-corrected chi connectivity index (χ4v) is 3.08. The van der Waals surface area contributed by atoms with E-state index in [-0.39, 0.29) is 11.8 Å². The molecule has 1 unspecified atom stereocenters. The molecular formula is C15H16BrClN2O. The van der Waals surface area contributed by atoms with E-state index in [1.165, 1.54) is 6.42 Å². The average Bonchev–Trinajstić information content (AvgIpc) is 2.48. The van der Waals surface area contributed by atoms with Crippen LogP contribution in [-0.2, 0) is 0 Å². The molecule has 0 aromatic heterocycles. The van der Waals surface area contributed by atoms with Gasteiger partial charge in [-0.25, -0.2) is 0 Å². The van der Waals surface area contributed by atoms with Gasteiger partial charge in [-0.3, -0.25) is 4.79 Å². The molecule has 0 saturated heterocycles. The van der Waals surface area contributed by atoms with E-state index in [1.54, 1.807) is 18.2 Å². The number of nitrogens with zero attached hydrogens (tertiary/aromatic N) is 1. The fourth-order valence-electron chi connectivity index (χ4n) is 2.58. The Balaban J connectivity index is 2.05. The Labute approximate surface area is 132 Å². The van der Waals surface area contributed by atoms with E-state index in [0.717, 1.165) is 25.7 Å². The number of carbonyl (C=O) groups is 1. The summed E-state index contributed by atoms with van der Waals surface area (Å²) < 4.78 is 0.679. The zero-order chi connectivity index (χ0) is 14.5. The average molecular weight is 356 g/mol. The molecule has 2 rings (SSSR count). The second-order valence-corrected chi connectivity index (χ2v) is 6.37. The van der Waals surface area contributed by atoms with Gasteiger partial charge >= 0.3 is 0 Å². The van der Waals surface area contributed by atoms with Crippen LogP contribution in [0.15, 0.2) is 22.7 Å². The number of halogens is 2. The van der Waals surface area contributed by atoms with E-state index in [9.17, 15) is 10.1 Å². The number of nitrogens with one attached hydrogen (secondary N) is 1. The van der Waals surface area contributed by atoms with Gasteiger partial charge in [0.1, 0.15) is 6.04 Å². The first-order valence-electron chi connectivity index (χ1n) is 6.77. The Hall–Kier alpha value is -1.05. The van der Waals surface area contributed by atoms with Crippen molar-refractivity contribution in [2.24, 2.45) is 5.92 Å². The summed E-state index contributed by atoms with van der Waals surface area (Å²) in [5.41, 5.74) is 0.511. The van der Waals surface area contributed by atoms with Crippen molar-refractivity contribution in [2.45, 2.75) is 38.1 Å². The Morgan fingerprint density at radius 1 is 1.40 bits per heavy atom. The highest BCUT2D eigenvalue weighted by Gasteiger charge is 2.25. The molecule has 1 aliphatic rings. The van der Waals surface area contributed by atoms with E-state index in [4.69, 9.17) is 11.6 Å². The van der Waals surface area contributed by atoms with Crippen molar-refractivity contribution < 1.29 is 4.79 Å². The molecule has 1 N–H and O–H groups in total. The van der Waals surface area contributed by atoms with Crippen LogP contribution in [0, 0.1) is 17.2 Å². The monoisotopic (exact) mass is 354 g/mol. The van der Waals surface area contributed by atoms with Crippen molar-refractivity contribution in [3.63, 3.8) is 0 Å². The molecule has 0 aliphatic heterocycles. The lowest BCUT2D eigenvalue weighted by Gasteiger charge is -2.26. The third-order valence-electron chi connectivity index (χ3n) is 3.73. The Bertz CT molecular complexity index is 535. The molecule has 1 saturated carbocycles. The zero-order valence-corrected chi connectivity index (χ0v) is 13.4. The maximum Gasteiger partial charge on any atom is 0.252 e. The van der Waals surface area contributed by atoms with Crippen LogP contribution in [0.4, 0.5) is 0 Å². The van der Waals surface area contributed by atoms with Crippen molar-refractivity contribution in [1.29, 1.82) is 5.26 Å². The number of nitriles is 1. The fraction of sp³-hybridized carbons (Fsp3) is 0.467. The number of hydrogen-bond acceptors (Lipinski definition) is 2. The first-order chi connectivity index (χ1) is 9.61. The summed E-state index contributed by atoms with van der Waals surface area (Å²) in [6.45, 7) is 0. The molecule has 1 aliphatic carbocycles. The van der Waals surface area contributed by atoms with Crippen molar-refractivity contribution in [1.82, 2.24) is 5.32 Å². The lowest BCUT2D eigenvalue weighted by atomic mass is 9.84. The maximum absolute atomic E-state index is 12.2. The van der Waals surface area contributed by atoms with Crippen LogP contribution < -0.4 is 5.32 Å². The van der Waals surface area contributed by atoms with Crippen molar-refractivity contribution in [3.05, 3.63) is 33.3 Å².